The quantitative estimate of drug-likeness (QED) is 0.572. The van der Waals surface area contributed by atoms with Crippen LogP contribution in [0.5, 0.6) is 0 Å². The van der Waals surface area contributed by atoms with Crippen molar-refractivity contribution in [3.63, 3.8) is 0 Å². The van der Waals surface area contributed by atoms with Crippen LogP contribution in [0.1, 0.15) is 0 Å². The fraction of sp³-hybridized carbons (Fsp3) is 0. The number of hydrogen-bond acceptors (Lipinski definition) is 3. The summed E-state index contributed by atoms with van der Waals surface area (Å²) in [5.41, 5.74) is 0. The van der Waals surface area contributed by atoms with Crippen molar-refractivity contribution in [1.29, 1.82) is 5.26 Å². The summed E-state index contributed by atoms with van der Waals surface area (Å²) < 4.78 is 4.40. The maximum Gasteiger partial charge on any atom is 0.292 e. The molecular formula is C7H6NO2PS. The molecule has 12 heavy (non-hydrogen) atoms. The standard InChI is InChI=1S/C7H6NO2PS/c8-6-10-11(9,12)7-4-2-1-3-5-7/h1-5H,(H,9,12). The summed E-state index contributed by atoms with van der Waals surface area (Å²) in [6.45, 7) is -3.07. The van der Waals surface area contributed by atoms with E-state index in [1.807, 2.05) is 0 Å². The first-order chi connectivity index (χ1) is 5.67. The third kappa shape index (κ3) is 2.05. The molecule has 1 aromatic rings. The van der Waals surface area contributed by atoms with Crippen molar-refractivity contribution in [1.82, 2.24) is 0 Å². The van der Waals surface area contributed by atoms with Crippen LogP contribution in [0, 0.1) is 11.5 Å². The molecule has 1 atom stereocenters. The van der Waals surface area contributed by atoms with Gasteiger partial charge in [-0.15, -0.1) is 5.26 Å². The van der Waals surface area contributed by atoms with E-state index < -0.39 is 6.49 Å². The molecule has 0 spiro atoms. The summed E-state index contributed by atoms with van der Waals surface area (Å²) in [5, 5.41) is 8.68. The Kier molecular flexibility index (Phi) is 2.83. The van der Waals surface area contributed by atoms with Crippen LogP contribution in [0.15, 0.2) is 30.3 Å². The van der Waals surface area contributed by atoms with E-state index in [1.165, 1.54) is 6.26 Å². The second kappa shape index (κ2) is 3.68. The van der Waals surface area contributed by atoms with Gasteiger partial charge in [0.2, 0.25) is 0 Å². The lowest BCUT2D eigenvalue weighted by Gasteiger charge is -2.09. The molecule has 62 valence electrons. The third-order valence-corrected chi connectivity index (χ3v) is 3.38. The van der Waals surface area contributed by atoms with E-state index in [1.54, 1.807) is 30.3 Å². The SMILES string of the molecule is N#COP(O)(=S)c1ccccc1. The molecule has 1 N–H and O–H groups in total. The number of hydrogen-bond donors (Lipinski definition) is 1. The molecule has 0 aliphatic heterocycles. The Morgan fingerprint density at radius 2 is 2.00 bits per heavy atom. The van der Waals surface area contributed by atoms with Crippen molar-refractivity contribution in [2.24, 2.45) is 0 Å². The largest absolute Gasteiger partial charge is 0.368 e. The van der Waals surface area contributed by atoms with Gasteiger partial charge < -0.3 is 9.42 Å². The zero-order valence-corrected chi connectivity index (χ0v) is 7.76. The van der Waals surface area contributed by atoms with Crippen LogP contribution >= 0.6 is 6.49 Å². The lowest BCUT2D eigenvalue weighted by atomic mass is 10.4. The molecule has 3 nitrogen and oxygen atoms in total. The molecule has 0 aliphatic carbocycles. The van der Waals surface area contributed by atoms with Crippen molar-refractivity contribution in [2.45, 2.75) is 0 Å². The first-order valence-electron chi connectivity index (χ1n) is 3.13. The summed E-state index contributed by atoms with van der Waals surface area (Å²) >= 11 is 4.73. The average Bonchev–Trinajstić information content (AvgIpc) is 2.06. The number of rotatable bonds is 2. The second-order valence-corrected chi connectivity index (χ2v) is 5.26. The molecule has 1 unspecified atom stereocenters. The zero-order chi connectivity index (χ0) is 9.03. The molecule has 0 aromatic heterocycles. The highest BCUT2D eigenvalue weighted by atomic mass is 32.5. The molecule has 0 saturated heterocycles. The van der Waals surface area contributed by atoms with Gasteiger partial charge in [0.05, 0.1) is 0 Å². The molecule has 0 saturated carbocycles. The maximum atomic E-state index is 9.47. The van der Waals surface area contributed by atoms with Gasteiger partial charge in [0.25, 0.3) is 12.7 Å². The normalized spacial score (nSPS) is 14.3. The minimum Gasteiger partial charge on any atom is -0.368 e. The average molecular weight is 199 g/mol. The number of nitrogens with zero attached hydrogens (tertiary/aromatic N) is 1. The Morgan fingerprint density at radius 3 is 2.50 bits per heavy atom. The Bertz CT molecular complexity index is 346. The number of benzene rings is 1. The summed E-state index contributed by atoms with van der Waals surface area (Å²) in [7, 11) is 0. The summed E-state index contributed by atoms with van der Waals surface area (Å²) in [4.78, 5) is 9.47. The van der Waals surface area contributed by atoms with E-state index in [-0.39, 0.29) is 0 Å². The smallest absolute Gasteiger partial charge is 0.292 e. The van der Waals surface area contributed by atoms with Gasteiger partial charge in [-0.05, 0) is 23.9 Å². The molecule has 0 amide bonds. The molecule has 1 rings (SSSR count). The van der Waals surface area contributed by atoms with Crippen LogP contribution in [0.25, 0.3) is 0 Å². The van der Waals surface area contributed by atoms with Crippen LogP contribution < -0.4 is 5.30 Å². The summed E-state index contributed by atoms with van der Waals surface area (Å²) in [6, 6.07) is 8.53. The summed E-state index contributed by atoms with van der Waals surface area (Å²) in [5.74, 6) is 0. The van der Waals surface area contributed by atoms with Gasteiger partial charge in [0.15, 0.2) is 0 Å². The number of nitriles is 1. The molecule has 0 bridgehead atoms. The van der Waals surface area contributed by atoms with Gasteiger partial charge in [-0.1, -0.05) is 18.2 Å². The monoisotopic (exact) mass is 199 g/mol. The van der Waals surface area contributed by atoms with Gasteiger partial charge in [-0.2, -0.15) is 0 Å². The van der Waals surface area contributed by atoms with E-state index in [0.29, 0.717) is 5.30 Å². The lowest BCUT2D eigenvalue weighted by molar-refractivity contribution is 0.465. The molecule has 1 aromatic carbocycles. The second-order valence-electron chi connectivity index (χ2n) is 2.04. The predicted molar refractivity (Wildman–Crippen MR) is 49.3 cm³/mol. The molecule has 0 aliphatic rings. The lowest BCUT2D eigenvalue weighted by Crippen LogP contribution is -2.03. The summed E-state index contributed by atoms with van der Waals surface area (Å²) in [6.07, 6.45) is 1.40. The van der Waals surface area contributed by atoms with E-state index in [2.05, 4.69) is 4.52 Å². The Labute approximate surface area is 75.4 Å². The van der Waals surface area contributed by atoms with Crippen LogP contribution in [-0.4, -0.2) is 4.89 Å². The van der Waals surface area contributed by atoms with Gasteiger partial charge in [-0.25, -0.2) is 0 Å². The molecule has 0 radical (unpaired) electrons. The fourth-order valence-corrected chi connectivity index (χ4v) is 1.95. The van der Waals surface area contributed by atoms with Crippen molar-refractivity contribution >= 4 is 23.6 Å². The van der Waals surface area contributed by atoms with Crippen LogP contribution in [0.3, 0.4) is 0 Å². The van der Waals surface area contributed by atoms with Gasteiger partial charge in [0.1, 0.15) is 0 Å². The predicted octanol–water partition coefficient (Wildman–Crippen LogP) is 1.11. The van der Waals surface area contributed by atoms with Crippen molar-refractivity contribution in [3.05, 3.63) is 30.3 Å². The van der Waals surface area contributed by atoms with E-state index in [9.17, 15) is 4.89 Å². The minimum atomic E-state index is -3.07. The fourth-order valence-electron chi connectivity index (χ4n) is 0.724. The maximum absolute atomic E-state index is 9.47. The van der Waals surface area contributed by atoms with Gasteiger partial charge >= 0.3 is 0 Å². The minimum absolute atomic E-state index is 0.488. The third-order valence-electron chi connectivity index (χ3n) is 1.25. The molecule has 0 heterocycles. The van der Waals surface area contributed by atoms with E-state index in [0.717, 1.165) is 0 Å². The molecular weight excluding hydrogens is 193 g/mol. The van der Waals surface area contributed by atoms with Crippen molar-refractivity contribution in [3.8, 4) is 6.26 Å². The van der Waals surface area contributed by atoms with E-state index >= 15 is 0 Å². The highest BCUT2D eigenvalue weighted by Crippen LogP contribution is 2.40. The topological polar surface area (TPSA) is 53.2 Å². The van der Waals surface area contributed by atoms with Crippen molar-refractivity contribution < 1.29 is 9.42 Å². The highest BCUT2D eigenvalue weighted by molar-refractivity contribution is 8.13. The molecule has 0 fully saturated rings. The highest BCUT2D eigenvalue weighted by Gasteiger charge is 2.16. The molecule has 5 heteroatoms. The van der Waals surface area contributed by atoms with Crippen LogP contribution in [0.2, 0.25) is 0 Å². The Hall–Kier alpha value is -0.880. The van der Waals surface area contributed by atoms with Crippen LogP contribution in [-0.2, 0) is 16.3 Å². The van der Waals surface area contributed by atoms with E-state index in [4.69, 9.17) is 17.1 Å². The first-order valence-corrected chi connectivity index (χ1v) is 5.80. The Morgan fingerprint density at radius 1 is 1.42 bits per heavy atom. The zero-order valence-electron chi connectivity index (χ0n) is 6.04. The Balaban J connectivity index is 3.00. The van der Waals surface area contributed by atoms with Gasteiger partial charge in [0, 0.05) is 5.30 Å². The van der Waals surface area contributed by atoms with Crippen molar-refractivity contribution in [2.75, 3.05) is 0 Å². The first kappa shape index (κ1) is 9.21. The van der Waals surface area contributed by atoms with Crippen LogP contribution in [0.4, 0.5) is 0 Å². The van der Waals surface area contributed by atoms with Gasteiger partial charge in [-0.3, -0.25) is 0 Å².